The van der Waals surface area contributed by atoms with Crippen LogP contribution in [0.25, 0.3) is 0 Å². The average molecular weight is 352 g/mol. The molecule has 2 aromatic rings. The van der Waals surface area contributed by atoms with Gasteiger partial charge in [-0.25, -0.2) is 0 Å². The summed E-state index contributed by atoms with van der Waals surface area (Å²) < 4.78 is 10.8. The van der Waals surface area contributed by atoms with Gasteiger partial charge in [0.2, 0.25) is 0 Å². The first-order valence-electron chi connectivity index (χ1n) is 8.65. The van der Waals surface area contributed by atoms with Gasteiger partial charge in [0.15, 0.2) is 0 Å². The molecule has 0 bridgehead atoms. The number of aliphatic hydroxyl groups is 1. The van der Waals surface area contributed by atoms with E-state index < -0.39 is 0 Å². The van der Waals surface area contributed by atoms with Crippen molar-refractivity contribution in [3.05, 3.63) is 65.2 Å². The molecule has 136 valence electrons. The highest BCUT2D eigenvalue weighted by Crippen LogP contribution is 2.23. The molecule has 2 rings (SSSR count). The van der Waals surface area contributed by atoms with E-state index >= 15 is 0 Å². The van der Waals surface area contributed by atoms with Crippen LogP contribution in [0.3, 0.4) is 0 Å². The van der Waals surface area contributed by atoms with Gasteiger partial charge in [0, 0.05) is 0 Å². The second-order valence-corrected chi connectivity index (χ2v) is 5.79. The average Bonchev–Trinajstić information content (AvgIpc) is 2.67. The summed E-state index contributed by atoms with van der Waals surface area (Å²) in [4.78, 5) is 11.7. The van der Waals surface area contributed by atoms with Crippen molar-refractivity contribution >= 4 is 5.97 Å². The maximum absolute atomic E-state index is 11.7. The summed E-state index contributed by atoms with van der Waals surface area (Å²) in [5.41, 5.74) is 2.87. The van der Waals surface area contributed by atoms with E-state index in [9.17, 15) is 4.79 Å². The van der Waals surface area contributed by atoms with Gasteiger partial charge in [0.25, 0.3) is 0 Å². The molecule has 1 N–H and O–H groups in total. The molecule has 1 atom stereocenters. The minimum absolute atomic E-state index is 0.0379. The number of benzene rings is 2. The molecule has 26 heavy (non-hydrogen) atoms. The third-order valence-electron chi connectivity index (χ3n) is 3.89. The van der Waals surface area contributed by atoms with Crippen LogP contribution in [-0.2, 0) is 22.7 Å². The Morgan fingerprint density at radius 2 is 1.73 bits per heavy atom. The Balaban J connectivity index is 1.98. The van der Waals surface area contributed by atoms with Crippen LogP contribution in [0.15, 0.2) is 48.5 Å². The molecule has 0 heterocycles. The predicted molar refractivity (Wildman–Crippen MR) is 101 cm³/mol. The minimum atomic E-state index is -0.244. The monoisotopic (exact) mass is 352 g/mol. The first kappa shape index (κ1) is 19.6. The van der Waals surface area contributed by atoms with Crippen LogP contribution in [0, 0.1) is 11.8 Å². The summed E-state index contributed by atoms with van der Waals surface area (Å²) in [5, 5.41) is 9.06. The fourth-order valence-corrected chi connectivity index (χ4v) is 2.52. The standard InChI is InChI=1S/C22H24O4/c1-3-5-20(14-22(24)25-4-2)19-10-12-21(13-11-19)26-16-18-8-6-17(15-23)7-9-18/h6-13,20,23H,4,14-16H2,1-2H3/t20-/m0/s1. The highest BCUT2D eigenvalue weighted by molar-refractivity contribution is 5.71. The second-order valence-electron chi connectivity index (χ2n) is 5.79. The zero-order chi connectivity index (χ0) is 18.8. The van der Waals surface area contributed by atoms with E-state index in [2.05, 4.69) is 11.8 Å². The Hall–Kier alpha value is -2.77. The molecule has 0 saturated heterocycles. The van der Waals surface area contributed by atoms with Crippen LogP contribution in [0.1, 0.15) is 42.9 Å². The topological polar surface area (TPSA) is 55.8 Å². The zero-order valence-electron chi connectivity index (χ0n) is 15.2. The fourth-order valence-electron chi connectivity index (χ4n) is 2.52. The Labute approximate surface area is 154 Å². The Morgan fingerprint density at radius 3 is 2.31 bits per heavy atom. The molecule has 0 radical (unpaired) electrons. The van der Waals surface area contributed by atoms with Crippen molar-refractivity contribution in [3.8, 4) is 17.6 Å². The lowest BCUT2D eigenvalue weighted by atomic mass is 9.96. The smallest absolute Gasteiger partial charge is 0.307 e. The number of aliphatic hydroxyl groups excluding tert-OH is 1. The Morgan fingerprint density at radius 1 is 1.08 bits per heavy atom. The van der Waals surface area contributed by atoms with Crippen molar-refractivity contribution < 1.29 is 19.4 Å². The van der Waals surface area contributed by atoms with Gasteiger partial charge >= 0.3 is 5.97 Å². The Kier molecular flexibility index (Phi) is 7.73. The Bertz CT molecular complexity index is 751. The summed E-state index contributed by atoms with van der Waals surface area (Å²) in [5.74, 6) is 6.27. The van der Waals surface area contributed by atoms with Crippen molar-refractivity contribution in [2.45, 2.75) is 39.4 Å². The third-order valence-corrected chi connectivity index (χ3v) is 3.89. The maximum atomic E-state index is 11.7. The lowest BCUT2D eigenvalue weighted by Gasteiger charge is -2.12. The van der Waals surface area contributed by atoms with Crippen LogP contribution < -0.4 is 4.74 Å². The number of hydrogen-bond donors (Lipinski definition) is 1. The van der Waals surface area contributed by atoms with Gasteiger partial charge in [-0.3, -0.25) is 4.79 Å². The van der Waals surface area contributed by atoms with Gasteiger partial charge in [-0.2, -0.15) is 0 Å². The highest BCUT2D eigenvalue weighted by Gasteiger charge is 2.14. The molecule has 0 unspecified atom stereocenters. The van der Waals surface area contributed by atoms with E-state index in [0.29, 0.717) is 13.2 Å². The van der Waals surface area contributed by atoms with Gasteiger partial charge in [0.05, 0.1) is 25.6 Å². The predicted octanol–water partition coefficient (Wildman–Crippen LogP) is 3.82. The first-order chi connectivity index (χ1) is 12.7. The molecule has 2 aromatic carbocycles. The van der Waals surface area contributed by atoms with Crippen molar-refractivity contribution in [1.82, 2.24) is 0 Å². The van der Waals surface area contributed by atoms with E-state index in [4.69, 9.17) is 14.6 Å². The van der Waals surface area contributed by atoms with E-state index in [-0.39, 0.29) is 24.9 Å². The molecule has 0 spiro atoms. The molecule has 0 aromatic heterocycles. The van der Waals surface area contributed by atoms with E-state index in [1.165, 1.54) is 0 Å². The summed E-state index contributed by atoms with van der Waals surface area (Å²) >= 11 is 0. The van der Waals surface area contributed by atoms with Crippen LogP contribution in [-0.4, -0.2) is 17.7 Å². The van der Waals surface area contributed by atoms with Gasteiger partial charge in [-0.15, -0.1) is 5.92 Å². The van der Waals surface area contributed by atoms with Crippen molar-refractivity contribution in [3.63, 3.8) is 0 Å². The molecule has 0 aliphatic carbocycles. The number of ether oxygens (including phenoxy) is 2. The van der Waals surface area contributed by atoms with E-state index in [1.807, 2.05) is 48.5 Å². The van der Waals surface area contributed by atoms with Gasteiger partial charge in [-0.05, 0) is 42.7 Å². The number of carbonyl (C=O) groups excluding carboxylic acids is 1. The third kappa shape index (κ3) is 5.94. The minimum Gasteiger partial charge on any atom is -0.489 e. The number of esters is 1. The summed E-state index contributed by atoms with van der Waals surface area (Å²) in [7, 11) is 0. The maximum Gasteiger partial charge on any atom is 0.307 e. The number of carbonyl (C=O) groups is 1. The molecule has 4 nitrogen and oxygen atoms in total. The van der Waals surface area contributed by atoms with E-state index in [1.54, 1.807) is 13.8 Å². The molecule has 0 aliphatic heterocycles. The molecule has 0 fully saturated rings. The normalized spacial score (nSPS) is 11.2. The van der Waals surface area contributed by atoms with Crippen molar-refractivity contribution in [2.75, 3.05) is 6.61 Å². The van der Waals surface area contributed by atoms with E-state index in [0.717, 1.165) is 22.4 Å². The highest BCUT2D eigenvalue weighted by atomic mass is 16.5. The van der Waals surface area contributed by atoms with Crippen molar-refractivity contribution in [1.29, 1.82) is 0 Å². The lowest BCUT2D eigenvalue weighted by molar-refractivity contribution is -0.143. The second kappa shape index (κ2) is 10.3. The van der Waals surface area contributed by atoms with Crippen LogP contribution in [0.2, 0.25) is 0 Å². The zero-order valence-corrected chi connectivity index (χ0v) is 15.2. The molecule has 0 amide bonds. The molecule has 4 heteroatoms. The molecular weight excluding hydrogens is 328 g/mol. The molecule has 0 saturated carbocycles. The SMILES string of the molecule is CC#C[C@@H](CC(=O)OCC)c1ccc(OCc2ccc(CO)cc2)cc1. The molecular formula is C22H24O4. The lowest BCUT2D eigenvalue weighted by Crippen LogP contribution is -2.09. The number of rotatable bonds is 8. The number of hydrogen-bond acceptors (Lipinski definition) is 4. The van der Waals surface area contributed by atoms with Gasteiger partial charge < -0.3 is 14.6 Å². The van der Waals surface area contributed by atoms with Gasteiger partial charge in [-0.1, -0.05) is 42.3 Å². The van der Waals surface area contributed by atoms with Crippen LogP contribution >= 0.6 is 0 Å². The van der Waals surface area contributed by atoms with Gasteiger partial charge in [0.1, 0.15) is 12.4 Å². The largest absolute Gasteiger partial charge is 0.489 e. The quantitative estimate of drug-likeness (QED) is 0.580. The van der Waals surface area contributed by atoms with Crippen LogP contribution in [0.5, 0.6) is 5.75 Å². The summed E-state index contributed by atoms with van der Waals surface area (Å²) in [6.45, 7) is 4.42. The fraction of sp³-hybridized carbons (Fsp3) is 0.318. The summed E-state index contributed by atoms with van der Waals surface area (Å²) in [6, 6.07) is 15.3. The molecule has 0 aliphatic rings. The van der Waals surface area contributed by atoms with Crippen LogP contribution in [0.4, 0.5) is 0 Å². The first-order valence-corrected chi connectivity index (χ1v) is 8.65. The summed E-state index contributed by atoms with van der Waals surface area (Å²) in [6.07, 6.45) is 0.242. The van der Waals surface area contributed by atoms with Crippen molar-refractivity contribution in [2.24, 2.45) is 0 Å².